The van der Waals surface area contributed by atoms with Crippen LogP contribution in [0.3, 0.4) is 0 Å². The van der Waals surface area contributed by atoms with Gasteiger partial charge < -0.3 is 10.0 Å². The lowest BCUT2D eigenvalue weighted by Gasteiger charge is -2.17. The fourth-order valence-electron chi connectivity index (χ4n) is 3.50. The van der Waals surface area contributed by atoms with Crippen molar-refractivity contribution in [2.45, 2.75) is 33.1 Å². The number of hydrogen-bond donors (Lipinski definition) is 1. The summed E-state index contributed by atoms with van der Waals surface area (Å²) >= 11 is 1.73. The molecular formula is C17H21N5O2S. The Kier molecular flexibility index (Phi) is 4.16. The summed E-state index contributed by atoms with van der Waals surface area (Å²) in [6.07, 6.45) is 4.95. The Morgan fingerprint density at radius 2 is 2.36 bits per heavy atom. The van der Waals surface area contributed by atoms with E-state index in [0.29, 0.717) is 18.1 Å². The number of aliphatic hydroxyl groups excluding tert-OH is 1. The Bertz CT molecular complexity index is 947. The van der Waals surface area contributed by atoms with Crippen LogP contribution in [0.1, 0.15) is 41.3 Å². The molecule has 0 aliphatic heterocycles. The van der Waals surface area contributed by atoms with Crippen LogP contribution < -0.4 is 0 Å². The Labute approximate surface area is 149 Å². The van der Waals surface area contributed by atoms with Crippen molar-refractivity contribution in [1.29, 1.82) is 0 Å². The third kappa shape index (κ3) is 2.69. The fraction of sp³-hybridized carbons (Fsp3) is 0.529. The van der Waals surface area contributed by atoms with Crippen LogP contribution in [-0.4, -0.2) is 55.2 Å². The highest BCUT2D eigenvalue weighted by atomic mass is 32.1. The molecule has 3 aromatic heterocycles. The Balaban J connectivity index is 1.84. The van der Waals surface area contributed by atoms with E-state index >= 15 is 0 Å². The predicted octanol–water partition coefficient (Wildman–Crippen LogP) is 1.92. The van der Waals surface area contributed by atoms with Crippen LogP contribution in [0.5, 0.6) is 0 Å². The van der Waals surface area contributed by atoms with Gasteiger partial charge in [-0.05, 0) is 37.7 Å². The summed E-state index contributed by atoms with van der Waals surface area (Å²) in [5.41, 5.74) is 2.03. The zero-order chi connectivity index (χ0) is 17.6. The highest BCUT2D eigenvalue weighted by Crippen LogP contribution is 2.38. The molecular weight excluding hydrogens is 338 g/mol. The number of amides is 1. The quantitative estimate of drug-likeness (QED) is 0.769. The SMILES string of the molecule is CCN(CCO)C(=O)c1nc2c3c4c(sc3ncn2n1)CCC(C)C4. The van der Waals surface area contributed by atoms with Crippen molar-refractivity contribution in [2.75, 3.05) is 19.7 Å². The maximum Gasteiger partial charge on any atom is 0.293 e. The van der Waals surface area contributed by atoms with E-state index in [0.717, 1.165) is 23.1 Å². The summed E-state index contributed by atoms with van der Waals surface area (Å²) in [5.74, 6) is 0.550. The van der Waals surface area contributed by atoms with Gasteiger partial charge in [0.15, 0.2) is 5.65 Å². The van der Waals surface area contributed by atoms with Gasteiger partial charge in [-0.1, -0.05) is 6.92 Å². The molecule has 0 saturated heterocycles. The number of aliphatic hydroxyl groups is 1. The number of hydrogen-bond acceptors (Lipinski definition) is 6. The van der Waals surface area contributed by atoms with Crippen molar-refractivity contribution in [3.63, 3.8) is 0 Å². The molecule has 25 heavy (non-hydrogen) atoms. The molecule has 1 atom stereocenters. The number of nitrogens with zero attached hydrogens (tertiary/aromatic N) is 5. The predicted molar refractivity (Wildman–Crippen MR) is 96.0 cm³/mol. The molecule has 0 spiro atoms. The lowest BCUT2D eigenvalue weighted by molar-refractivity contribution is 0.0720. The minimum Gasteiger partial charge on any atom is -0.395 e. The van der Waals surface area contributed by atoms with Crippen LogP contribution in [0.25, 0.3) is 15.9 Å². The van der Waals surface area contributed by atoms with Gasteiger partial charge >= 0.3 is 0 Å². The van der Waals surface area contributed by atoms with Gasteiger partial charge in [0.2, 0.25) is 5.82 Å². The first-order valence-corrected chi connectivity index (χ1v) is 9.49. The molecule has 3 aromatic rings. The Morgan fingerprint density at radius 1 is 1.52 bits per heavy atom. The second-order valence-electron chi connectivity index (χ2n) is 6.59. The first kappa shape index (κ1) is 16.4. The average Bonchev–Trinajstić information content (AvgIpc) is 3.19. The normalized spacial score (nSPS) is 17.2. The van der Waals surface area contributed by atoms with Crippen molar-refractivity contribution in [2.24, 2.45) is 5.92 Å². The molecule has 0 bridgehead atoms. The minimum absolute atomic E-state index is 0.0747. The summed E-state index contributed by atoms with van der Waals surface area (Å²) in [6.45, 7) is 4.86. The number of fused-ring (bicyclic) bond motifs is 5. The van der Waals surface area contributed by atoms with Gasteiger partial charge in [0.1, 0.15) is 11.2 Å². The van der Waals surface area contributed by atoms with E-state index in [4.69, 9.17) is 5.11 Å². The van der Waals surface area contributed by atoms with Crippen molar-refractivity contribution in [3.05, 3.63) is 22.6 Å². The third-order valence-electron chi connectivity index (χ3n) is 4.86. The molecule has 1 unspecified atom stereocenters. The number of carbonyl (C=O) groups is 1. The van der Waals surface area contributed by atoms with Gasteiger partial charge in [0.05, 0.1) is 12.0 Å². The van der Waals surface area contributed by atoms with E-state index in [1.807, 2.05) is 6.92 Å². The van der Waals surface area contributed by atoms with Crippen LogP contribution in [-0.2, 0) is 12.8 Å². The average molecular weight is 359 g/mol. The van der Waals surface area contributed by atoms with Crippen LogP contribution in [0.2, 0.25) is 0 Å². The minimum atomic E-state index is -0.258. The number of thiophene rings is 1. The number of likely N-dealkylation sites (N-methyl/N-ethyl adjacent to an activating group) is 1. The largest absolute Gasteiger partial charge is 0.395 e. The summed E-state index contributed by atoms with van der Waals surface area (Å²) < 4.78 is 1.61. The van der Waals surface area contributed by atoms with E-state index in [9.17, 15) is 4.79 Å². The molecule has 8 heteroatoms. The lowest BCUT2D eigenvalue weighted by atomic mass is 9.89. The summed E-state index contributed by atoms with van der Waals surface area (Å²) in [5, 5.41) is 14.5. The maximum absolute atomic E-state index is 12.6. The molecule has 132 valence electrons. The van der Waals surface area contributed by atoms with Crippen molar-refractivity contribution in [3.8, 4) is 0 Å². The van der Waals surface area contributed by atoms with Gasteiger partial charge in [0.25, 0.3) is 5.91 Å². The topological polar surface area (TPSA) is 83.6 Å². The monoisotopic (exact) mass is 359 g/mol. The molecule has 1 amide bonds. The highest BCUT2D eigenvalue weighted by Gasteiger charge is 2.25. The molecule has 0 aromatic carbocycles. The smallest absolute Gasteiger partial charge is 0.293 e. The zero-order valence-corrected chi connectivity index (χ0v) is 15.2. The molecule has 0 saturated carbocycles. The Morgan fingerprint density at radius 3 is 3.12 bits per heavy atom. The van der Waals surface area contributed by atoms with Crippen LogP contribution in [0.4, 0.5) is 0 Å². The van der Waals surface area contributed by atoms with Gasteiger partial charge in [-0.2, -0.15) is 0 Å². The van der Waals surface area contributed by atoms with E-state index in [-0.39, 0.29) is 24.9 Å². The summed E-state index contributed by atoms with van der Waals surface area (Å²) in [7, 11) is 0. The molecule has 1 N–H and O–H groups in total. The first-order chi connectivity index (χ1) is 12.1. The number of aromatic nitrogens is 4. The van der Waals surface area contributed by atoms with Gasteiger partial charge in [-0.25, -0.2) is 14.5 Å². The van der Waals surface area contributed by atoms with E-state index in [1.54, 1.807) is 27.1 Å². The van der Waals surface area contributed by atoms with E-state index < -0.39 is 0 Å². The van der Waals surface area contributed by atoms with Gasteiger partial charge in [0, 0.05) is 18.0 Å². The molecule has 0 fully saturated rings. The Hall–Kier alpha value is -2.06. The van der Waals surface area contributed by atoms with Crippen molar-refractivity contribution < 1.29 is 9.90 Å². The lowest BCUT2D eigenvalue weighted by Crippen LogP contribution is -2.34. The summed E-state index contributed by atoms with van der Waals surface area (Å²) in [6, 6.07) is 0. The second-order valence-corrected chi connectivity index (χ2v) is 7.67. The van der Waals surface area contributed by atoms with E-state index in [2.05, 4.69) is 22.0 Å². The van der Waals surface area contributed by atoms with Crippen LogP contribution in [0.15, 0.2) is 6.33 Å². The molecule has 7 nitrogen and oxygen atoms in total. The molecule has 4 rings (SSSR count). The summed E-state index contributed by atoms with van der Waals surface area (Å²) in [4.78, 5) is 25.6. The zero-order valence-electron chi connectivity index (χ0n) is 14.4. The standard InChI is InChI=1S/C17H21N5O2S/c1-3-21(6-7-23)17(24)14-19-15-13-11-8-10(2)4-5-12(11)25-16(13)18-9-22(15)20-14/h9-10,23H,3-8H2,1-2H3. The fourth-order valence-corrected chi connectivity index (χ4v) is 4.68. The van der Waals surface area contributed by atoms with Crippen molar-refractivity contribution >= 4 is 33.1 Å². The van der Waals surface area contributed by atoms with E-state index in [1.165, 1.54) is 16.9 Å². The molecule has 1 aliphatic carbocycles. The molecule has 3 heterocycles. The van der Waals surface area contributed by atoms with Gasteiger partial charge in [-0.15, -0.1) is 16.4 Å². The first-order valence-electron chi connectivity index (χ1n) is 8.68. The number of carbonyl (C=O) groups excluding carboxylic acids is 1. The van der Waals surface area contributed by atoms with Crippen LogP contribution >= 0.6 is 11.3 Å². The third-order valence-corrected chi connectivity index (χ3v) is 6.06. The highest BCUT2D eigenvalue weighted by molar-refractivity contribution is 7.19. The molecule has 0 radical (unpaired) electrons. The number of rotatable bonds is 4. The van der Waals surface area contributed by atoms with Crippen LogP contribution in [0, 0.1) is 5.92 Å². The van der Waals surface area contributed by atoms with Crippen molar-refractivity contribution in [1.82, 2.24) is 24.5 Å². The molecule has 1 aliphatic rings. The number of aryl methyl sites for hydroxylation is 1. The van der Waals surface area contributed by atoms with Gasteiger partial charge in [-0.3, -0.25) is 4.79 Å². The second kappa shape index (κ2) is 6.34. The maximum atomic E-state index is 12.6.